The molecule has 2 aromatic heterocycles. The summed E-state index contributed by atoms with van der Waals surface area (Å²) in [6.07, 6.45) is 1.87. The van der Waals surface area contributed by atoms with E-state index < -0.39 is 0 Å². The Morgan fingerprint density at radius 2 is 1.35 bits per heavy atom. The molecule has 0 atom stereocenters. The molecule has 0 aliphatic rings. The minimum Gasteiger partial charge on any atom is -0.356 e. The molecule has 0 saturated heterocycles. The zero-order valence-electron chi connectivity index (χ0n) is 17.0. The van der Waals surface area contributed by atoms with E-state index in [1.165, 1.54) is 11.1 Å². The van der Waals surface area contributed by atoms with Crippen molar-refractivity contribution in [3.63, 3.8) is 0 Å². The molecule has 31 heavy (non-hydrogen) atoms. The van der Waals surface area contributed by atoms with E-state index in [4.69, 9.17) is 4.52 Å². The number of hydrogen-bond donors (Lipinski definition) is 2. The highest BCUT2D eigenvalue weighted by molar-refractivity contribution is 5.70. The van der Waals surface area contributed by atoms with Gasteiger partial charge < -0.3 is 9.84 Å². The lowest BCUT2D eigenvalue weighted by molar-refractivity contribution is 0.420. The molecule has 0 fully saturated rings. The van der Waals surface area contributed by atoms with Crippen LogP contribution in [0.15, 0.2) is 102 Å². The van der Waals surface area contributed by atoms with Crippen LogP contribution < -0.4 is 5.32 Å². The van der Waals surface area contributed by atoms with Gasteiger partial charge in [-0.2, -0.15) is 5.10 Å². The molecule has 3 aromatic carbocycles. The van der Waals surface area contributed by atoms with E-state index in [-0.39, 0.29) is 0 Å². The van der Waals surface area contributed by atoms with Crippen molar-refractivity contribution in [3.05, 3.63) is 108 Å². The van der Waals surface area contributed by atoms with E-state index in [1.54, 1.807) is 0 Å². The number of hydrogen-bond acceptors (Lipinski definition) is 4. The Morgan fingerprint density at radius 3 is 2.10 bits per heavy atom. The Labute approximate surface area is 180 Å². The van der Waals surface area contributed by atoms with Crippen molar-refractivity contribution in [2.45, 2.75) is 13.1 Å². The summed E-state index contributed by atoms with van der Waals surface area (Å²) in [6.45, 7) is 1.30. The molecule has 0 aliphatic carbocycles. The fraction of sp³-hybridized carbons (Fsp3) is 0.0769. The van der Waals surface area contributed by atoms with Crippen LogP contribution in [0.2, 0.25) is 0 Å². The Kier molecular flexibility index (Phi) is 5.41. The summed E-state index contributed by atoms with van der Waals surface area (Å²) in [5, 5.41) is 15.0. The average Bonchev–Trinajstić information content (AvgIpc) is 3.50. The van der Waals surface area contributed by atoms with Crippen LogP contribution in [0.5, 0.6) is 0 Å². The number of rotatable bonds is 7. The van der Waals surface area contributed by atoms with E-state index in [9.17, 15) is 0 Å². The third-order valence-corrected chi connectivity index (χ3v) is 5.24. The first-order chi connectivity index (χ1) is 15.4. The predicted molar refractivity (Wildman–Crippen MR) is 122 cm³/mol. The summed E-state index contributed by atoms with van der Waals surface area (Å²) in [6, 6.07) is 30.9. The van der Waals surface area contributed by atoms with Gasteiger partial charge in [0.15, 0.2) is 5.76 Å². The Hall–Kier alpha value is -3.96. The van der Waals surface area contributed by atoms with Gasteiger partial charge in [0.25, 0.3) is 0 Å². The first kappa shape index (κ1) is 19.0. The highest BCUT2D eigenvalue weighted by Crippen LogP contribution is 2.26. The van der Waals surface area contributed by atoms with Gasteiger partial charge >= 0.3 is 0 Å². The second-order valence-electron chi connectivity index (χ2n) is 7.37. The second-order valence-corrected chi connectivity index (χ2v) is 7.37. The number of H-pyrrole nitrogens is 1. The van der Waals surface area contributed by atoms with Crippen LogP contribution in [0.25, 0.3) is 33.7 Å². The predicted octanol–water partition coefficient (Wildman–Crippen LogP) is 5.69. The van der Waals surface area contributed by atoms with Gasteiger partial charge in [-0.25, -0.2) is 0 Å². The minimum atomic E-state index is 0.619. The third kappa shape index (κ3) is 4.32. The Balaban J connectivity index is 1.24. The Morgan fingerprint density at radius 1 is 0.710 bits per heavy atom. The highest BCUT2D eigenvalue weighted by Gasteiger charge is 2.10. The van der Waals surface area contributed by atoms with Gasteiger partial charge in [-0.05, 0) is 16.7 Å². The van der Waals surface area contributed by atoms with Gasteiger partial charge in [-0.1, -0.05) is 90.1 Å². The lowest BCUT2D eigenvalue weighted by atomic mass is 10.0. The standard InChI is InChI=1S/C26H22N4O/c1-3-7-19(8-4-1)20-11-13-22(14-12-20)26-23(17-28-29-26)16-27-18-24-15-25(31-30-24)21-9-5-2-6-10-21/h1-15,17,27H,16,18H2,(H,28,29). The summed E-state index contributed by atoms with van der Waals surface area (Å²) in [5.74, 6) is 0.778. The van der Waals surface area contributed by atoms with Crippen LogP contribution in [-0.4, -0.2) is 15.4 Å². The zero-order valence-corrected chi connectivity index (χ0v) is 17.0. The molecule has 5 nitrogen and oxygen atoms in total. The maximum Gasteiger partial charge on any atom is 0.167 e. The topological polar surface area (TPSA) is 66.7 Å². The lowest BCUT2D eigenvalue weighted by Gasteiger charge is -2.06. The summed E-state index contributed by atoms with van der Waals surface area (Å²) < 4.78 is 5.47. The smallest absolute Gasteiger partial charge is 0.167 e. The summed E-state index contributed by atoms with van der Waals surface area (Å²) in [4.78, 5) is 0. The van der Waals surface area contributed by atoms with Crippen molar-refractivity contribution in [2.24, 2.45) is 0 Å². The van der Waals surface area contributed by atoms with E-state index in [1.807, 2.05) is 48.7 Å². The largest absolute Gasteiger partial charge is 0.356 e. The molecule has 5 aromatic rings. The molecular weight excluding hydrogens is 384 g/mol. The Bertz CT molecular complexity index is 1240. The third-order valence-electron chi connectivity index (χ3n) is 5.24. The number of aromatic nitrogens is 3. The van der Waals surface area contributed by atoms with Crippen molar-refractivity contribution in [1.82, 2.24) is 20.7 Å². The van der Waals surface area contributed by atoms with Gasteiger partial charge in [-0.15, -0.1) is 0 Å². The number of aromatic amines is 1. The highest BCUT2D eigenvalue weighted by atomic mass is 16.5. The second kappa shape index (κ2) is 8.81. The van der Waals surface area contributed by atoms with Gasteiger partial charge in [0, 0.05) is 30.3 Å². The van der Waals surface area contributed by atoms with Crippen molar-refractivity contribution >= 4 is 0 Å². The molecule has 2 heterocycles. The van der Waals surface area contributed by atoms with Crippen LogP contribution in [-0.2, 0) is 13.1 Å². The summed E-state index contributed by atoms with van der Waals surface area (Å²) in [7, 11) is 0. The molecule has 0 unspecified atom stereocenters. The molecule has 0 saturated carbocycles. The SMILES string of the molecule is c1ccc(-c2ccc(-c3[nH]ncc3CNCc3cc(-c4ccccc4)on3)cc2)cc1. The van der Waals surface area contributed by atoms with Crippen molar-refractivity contribution in [2.75, 3.05) is 0 Å². The molecular formula is C26H22N4O. The molecule has 5 rings (SSSR count). The maximum atomic E-state index is 5.47. The van der Waals surface area contributed by atoms with Crippen molar-refractivity contribution in [1.29, 1.82) is 0 Å². The van der Waals surface area contributed by atoms with E-state index in [2.05, 4.69) is 69.2 Å². The monoisotopic (exact) mass is 406 g/mol. The molecule has 0 spiro atoms. The molecule has 0 aliphatic heterocycles. The maximum absolute atomic E-state index is 5.47. The summed E-state index contributed by atoms with van der Waals surface area (Å²) in [5.41, 5.74) is 7.55. The summed E-state index contributed by atoms with van der Waals surface area (Å²) >= 11 is 0. The van der Waals surface area contributed by atoms with Gasteiger partial charge in [0.05, 0.1) is 17.6 Å². The fourth-order valence-electron chi connectivity index (χ4n) is 3.61. The lowest BCUT2D eigenvalue weighted by Crippen LogP contribution is -2.13. The van der Waals surface area contributed by atoms with Crippen LogP contribution in [0.1, 0.15) is 11.3 Å². The van der Waals surface area contributed by atoms with Crippen LogP contribution in [0.4, 0.5) is 0 Å². The molecule has 0 radical (unpaired) electrons. The molecule has 2 N–H and O–H groups in total. The van der Waals surface area contributed by atoms with Gasteiger partial charge in [0.1, 0.15) is 0 Å². The molecule has 0 amide bonds. The van der Waals surface area contributed by atoms with Crippen LogP contribution in [0.3, 0.4) is 0 Å². The van der Waals surface area contributed by atoms with E-state index in [0.29, 0.717) is 13.1 Å². The first-order valence-corrected chi connectivity index (χ1v) is 10.3. The quantitative estimate of drug-likeness (QED) is 0.364. The van der Waals surface area contributed by atoms with Gasteiger partial charge in [0.2, 0.25) is 0 Å². The first-order valence-electron chi connectivity index (χ1n) is 10.3. The normalized spacial score (nSPS) is 11.0. The van der Waals surface area contributed by atoms with Crippen molar-refractivity contribution < 1.29 is 4.52 Å². The zero-order chi connectivity index (χ0) is 20.9. The number of nitrogens with one attached hydrogen (secondary N) is 2. The fourth-order valence-corrected chi connectivity index (χ4v) is 3.61. The minimum absolute atomic E-state index is 0.619. The number of nitrogens with zero attached hydrogens (tertiary/aromatic N) is 2. The van der Waals surface area contributed by atoms with E-state index >= 15 is 0 Å². The number of benzene rings is 3. The molecule has 5 heteroatoms. The van der Waals surface area contributed by atoms with Crippen LogP contribution in [0, 0.1) is 0 Å². The van der Waals surface area contributed by atoms with Gasteiger partial charge in [-0.3, -0.25) is 5.10 Å². The average molecular weight is 406 g/mol. The van der Waals surface area contributed by atoms with E-state index in [0.717, 1.165) is 33.8 Å². The molecule has 0 bridgehead atoms. The van der Waals surface area contributed by atoms with Crippen molar-refractivity contribution in [3.8, 4) is 33.7 Å². The molecule has 152 valence electrons. The van der Waals surface area contributed by atoms with Crippen LogP contribution >= 0.6 is 0 Å².